The Labute approximate surface area is 44.1 Å². The first-order valence-electron chi connectivity index (χ1n) is 2.58. The van der Waals surface area contributed by atoms with Crippen LogP contribution in [0.1, 0.15) is 6.92 Å². The van der Waals surface area contributed by atoms with Gasteiger partial charge in [0.2, 0.25) is 0 Å². The fourth-order valence-electron chi connectivity index (χ4n) is 0.622. The molecule has 42 valence electrons. The van der Waals surface area contributed by atoms with Crippen LogP contribution in [0.2, 0.25) is 0 Å². The molecular formula is C5H11NO. The largest absolute Gasteiger partial charge is 0.364 e. The van der Waals surface area contributed by atoms with Crippen molar-refractivity contribution in [3.8, 4) is 0 Å². The molecule has 2 heteroatoms. The van der Waals surface area contributed by atoms with Crippen molar-refractivity contribution < 1.29 is 4.74 Å². The molecule has 0 amide bonds. The number of rotatable bonds is 0. The van der Waals surface area contributed by atoms with Crippen molar-refractivity contribution in [2.45, 2.75) is 13.0 Å². The highest BCUT2D eigenvalue weighted by atomic mass is 16.5. The highest BCUT2D eigenvalue weighted by Crippen LogP contribution is 2.03. The van der Waals surface area contributed by atoms with E-state index in [4.69, 9.17) is 4.74 Å². The molecule has 0 N–H and O–H groups in total. The molecule has 0 aliphatic carbocycles. The van der Waals surface area contributed by atoms with Gasteiger partial charge in [-0.25, -0.2) is 0 Å². The third-order valence-electron chi connectivity index (χ3n) is 1.41. The van der Waals surface area contributed by atoms with E-state index in [1.54, 1.807) is 0 Å². The predicted molar refractivity (Wildman–Crippen MR) is 28.0 cm³/mol. The van der Waals surface area contributed by atoms with Gasteiger partial charge in [-0.2, -0.15) is 0 Å². The Morgan fingerprint density at radius 1 is 1.71 bits per heavy atom. The van der Waals surface area contributed by atoms with Crippen LogP contribution < -0.4 is 0 Å². The predicted octanol–water partition coefficient (Wildman–Crippen LogP) is 0.294. The molecule has 0 aromatic heterocycles. The number of nitrogens with zero attached hydrogens (tertiary/aromatic N) is 1. The molecule has 1 saturated heterocycles. The van der Waals surface area contributed by atoms with Crippen LogP contribution in [0.15, 0.2) is 0 Å². The van der Waals surface area contributed by atoms with Gasteiger partial charge in [-0.05, 0) is 14.0 Å². The maximum atomic E-state index is 5.09. The van der Waals surface area contributed by atoms with Gasteiger partial charge in [-0.1, -0.05) is 0 Å². The van der Waals surface area contributed by atoms with E-state index < -0.39 is 0 Å². The van der Waals surface area contributed by atoms with Gasteiger partial charge >= 0.3 is 0 Å². The minimum Gasteiger partial charge on any atom is -0.364 e. The molecule has 7 heavy (non-hydrogen) atoms. The van der Waals surface area contributed by atoms with Crippen molar-refractivity contribution in [2.75, 3.05) is 20.4 Å². The van der Waals surface area contributed by atoms with Crippen molar-refractivity contribution >= 4 is 0 Å². The summed E-state index contributed by atoms with van der Waals surface area (Å²) >= 11 is 0. The number of ether oxygens (including phenoxy) is 1. The summed E-state index contributed by atoms with van der Waals surface area (Å²) in [4.78, 5) is 2.18. The highest BCUT2D eigenvalue weighted by molar-refractivity contribution is 4.63. The van der Waals surface area contributed by atoms with Crippen molar-refractivity contribution in [1.82, 2.24) is 4.90 Å². The molecule has 0 radical (unpaired) electrons. The summed E-state index contributed by atoms with van der Waals surface area (Å²) < 4.78 is 5.09. The third kappa shape index (κ3) is 0.924. The van der Waals surface area contributed by atoms with Crippen LogP contribution in [-0.2, 0) is 4.74 Å². The topological polar surface area (TPSA) is 12.5 Å². The van der Waals surface area contributed by atoms with Gasteiger partial charge in [0, 0.05) is 6.04 Å². The first-order chi connectivity index (χ1) is 3.30. The third-order valence-corrected chi connectivity index (χ3v) is 1.41. The number of hydrogen-bond donors (Lipinski definition) is 0. The molecule has 0 aromatic rings. The lowest BCUT2D eigenvalue weighted by Gasteiger charge is -2.08. The Kier molecular flexibility index (Phi) is 1.30. The quantitative estimate of drug-likeness (QED) is 0.435. The summed E-state index contributed by atoms with van der Waals surface area (Å²) in [6.07, 6.45) is 0. The minimum atomic E-state index is 0.625. The molecule has 1 aliphatic rings. The lowest BCUT2D eigenvalue weighted by atomic mass is 10.4. The van der Waals surface area contributed by atoms with Crippen LogP contribution in [0.5, 0.6) is 0 Å². The maximum absolute atomic E-state index is 5.09. The molecule has 1 rings (SSSR count). The van der Waals surface area contributed by atoms with Gasteiger partial charge < -0.3 is 4.74 Å². The van der Waals surface area contributed by atoms with Gasteiger partial charge in [0.05, 0.1) is 13.3 Å². The van der Waals surface area contributed by atoms with Gasteiger partial charge in [-0.3, -0.25) is 4.90 Å². The normalized spacial score (nSPS) is 34.3. The Bertz CT molecular complexity index is 57.1. The van der Waals surface area contributed by atoms with Crippen LogP contribution >= 0.6 is 0 Å². The van der Waals surface area contributed by atoms with Crippen molar-refractivity contribution in [1.29, 1.82) is 0 Å². The minimum absolute atomic E-state index is 0.625. The molecular weight excluding hydrogens is 90.1 g/mol. The molecule has 0 bridgehead atoms. The second-order valence-corrected chi connectivity index (χ2v) is 2.11. The maximum Gasteiger partial charge on any atom is 0.0991 e. The first kappa shape index (κ1) is 5.06. The average Bonchev–Trinajstić information content (AvgIpc) is 1.91. The van der Waals surface area contributed by atoms with Gasteiger partial charge in [0.1, 0.15) is 0 Å². The van der Waals surface area contributed by atoms with Gasteiger partial charge in [-0.15, -0.1) is 0 Å². The molecule has 1 aliphatic heterocycles. The first-order valence-corrected chi connectivity index (χ1v) is 2.58. The number of likely N-dealkylation sites (N-methyl/N-ethyl adjacent to an activating group) is 1. The molecule has 1 fully saturated rings. The van der Waals surface area contributed by atoms with Crippen LogP contribution in [0.25, 0.3) is 0 Å². The summed E-state index contributed by atoms with van der Waals surface area (Å²) in [5, 5.41) is 0. The summed E-state index contributed by atoms with van der Waals surface area (Å²) in [5.74, 6) is 0. The molecule has 1 atom stereocenters. The Hall–Kier alpha value is -0.0800. The van der Waals surface area contributed by atoms with Crippen LogP contribution in [-0.4, -0.2) is 31.3 Å². The van der Waals surface area contributed by atoms with Crippen molar-refractivity contribution in [3.63, 3.8) is 0 Å². The SMILES string of the molecule is CC1COCN1C. The molecule has 2 nitrogen and oxygen atoms in total. The molecule has 0 aromatic carbocycles. The highest BCUT2D eigenvalue weighted by Gasteiger charge is 2.14. The zero-order valence-electron chi connectivity index (χ0n) is 4.85. The standard InChI is InChI=1S/C5H11NO/c1-5-3-7-4-6(5)2/h5H,3-4H2,1-2H3. The fraction of sp³-hybridized carbons (Fsp3) is 1.00. The summed E-state index contributed by atoms with van der Waals surface area (Å²) in [7, 11) is 2.07. The van der Waals surface area contributed by atoms with Crippen LogP contribution in [0.3, 0.4) is 0 Å². The zero-order chi connectivity index (χ0) is 5.28. The molecule has 1 unspecified atom stereocenters. The van der Waals surface area contributed by atoms with E-state index in [1.165, 1.54) is 0 Å². The van der Waals surface area contributed by atoms with Crippen molar-refractivity contribution in [2.24, 2.45) is 0 Å². The second kappa shape index (κ2) is 1.80. The summed E-state index contributed by atoms with van der Waals surface area (Å²) in [6.45, 7) is 3.87. The van der Waals surface area contributed by atoms with Gasteiger partial charge in [0.25, 0.3) is 0 Å². The monoisotopic (exact) mass is 101 g/mol. The van der Waals surface area contributed by atoms with E-state index in [-0.39, 0.29) is 0 Å². The van der Waals surface area contributed by atoms with Crippen molar-refractivity contribution in [3.05, 3.63) is 0 Å². The van der Waals surface area contributed by atoms with E-state index >= 15 is 0 Å². The van der Waals surface area contributed by atoms with Crippen LogP contribution in [0.4, 0.5) is 0 Å². The van der Waals surface area contributed by atoms with E-state index in [9.17, 15) is 0 Å². The molecule has 0 saturated carbocycles. The summed E-state index contributed by atoms with van der Waals surface area (Å²) in [5.41, 5.74) is 0. The lowest BCUT2D eigenvalue weighted by molar-refractivity contribution is 0.153. The van der Waals surface area contributed by atoms with E-state index in [0.717, 1.165) is 13.3 Å². The Morgan fingerprint density at radius 3 is 2.57 bits per heavy atom. The van der Waals surface area contributed by atoms with E-state index in [0.29, 0.717) is 6.04 Å². The molecule has 1 heterocycles. The van der Waals surface area contributed by atoms with E-state index in [2.05, 4.69) is 18.9 Å². The summed E-state index contributed by atoms with van der Waals surface area (Å²) in [6, 6.07) is 0.625. The average molecular weight is 101 g/mol. The fourth-order valence-corrected chi connectivity index (χ4v) is 0.622. The Balaban J connectivity index is 2.33. The zero-order valence-corrected chi connectivity index (χ0v) is 4.85. The molecule has 0 spiro atoms. The van der Waals surface area contributed by atoms with Crippen LogP contribution in [0, 0.1) is 0 Å². The lowest BCUT2D eigenvalue weighted by Crippen LogP contribution is -2.22. The Morgan fingerprint density at radius 2 is 2.43 bits per heavy atom. The van der Waals surface area contributed by atoms with E-state index in [1.807, 2.05) is 0 Å². The number of hydrogen-bond acceptors (Lipinski definition) is 2. The van der Waals surface area contributed by atoms with Gasteiger partial charge in [0.15, 0.2) is 0 Å². The smallest absolute Gasteiger partial charge is 0.0991 e. The second-order valence-electron chi connectivity index (χ2n) is 2.11.